The van der Waals surface area contributed by atoms with Crippen LogP contribution in [0.2, 0.25) is 0 Å². The zero-order valence-electron chi connectivity index (χ0n) is 9.72. The third-order valence-corrected chi connectivity index (χ3v) is 3.71. The second-order valence-electron chi connectivity index (χ2n) is 4.51. The minimum Gasteiger partial charge on any atom is -0.354 e. The van der Waals surface area contributed by atoms with Crippen molar-refractivity contribution in [2.24, 2.45) is 0 Å². The predicted octanol–water partition coefficient (Wildman–Crippen LogP) is 2.93. The highest BCUT2D eigenvalue weighted by Gasteiger charge is 2.25. The molecule has 0 N–H and O–H groups in total. The molecule has 0 aliphatic heterocycles. The van der Waals surface area contributed by atoms with Crippen molar-refractivity contribution >= 4 is 23.1 Å². The van der Waals surface area contributed by atoms with Gasteiger partial charge < -0.3 is 4.90 Å². The average molecular weight is 250 g/mol. The molecule has 1 aliphatic rings. The van der Waals surface area contributed by atoms with Gasteiger partial charge in [-0.1, -0.05) is 6.07 Å². The minimum absolute atomic E-state index is 0.654. The van der Waals surface area contributed by atoms with Crippen LogP contribution in [-0.2, 0) is 0 Å². The standard InChI is InChI=1S/C13H16ClN3/c14-7-9-16(11-3-1-4-11)13-6-2-5-12-15-8-10-17(12)13/h2,5-6,8,10-11H,1,3-4,7,9H2. The highest BCUT2D eigenvalue weighted by molar-refractivity contribution is 6.18. The molecule has 2 aromatic heterocycles. The molecule has 3 rings (SSSR count). The van der Waals surface area contributed by atoms with Crippen molar-refractivity contribution < 1.29 is 0 Å². The Kier molecular flexibility index (Phi) is 2.93. The zero-order chi connectivity index (χ0) is 11.7. The number of aromatic nitrogens is 2. The molecule has 4 heteroatoms. The highest BCUT2D eigenvalue weighted by Crippen LogP contribution is 2.29. The normalized spacial score (nSPS) is 16.1. The van der Waals surface area contributed by atoms with Crippen molar-refractivity contribution in [2.45, 2.75) is 25.3 Å². The van der Waals surface area contributed by atoms with Gasteiger partial charge in [0.1, 0.15) is 11.5 Å². The molecule has 0 aromatic carbocycles. The number of fused-ring (bicyclic) bond motifs is 1. The van der Waals surface area contributed by atoms with Gasteiger partial charge >= 0.3 is 0 Å². The van der Waals surface area contributed by atoms with Crippen LogP contribution < -0.4 is 4.90 Å². The first-order valence-corrected chi connectivity index (χ1v) is 6.68. The van der Waals surface area contributed by atoms with Gasteiger partial charge in [-0.15, -0.1) is 11.6 Å². The fourth-order valence-corrected chi connectivity index (χ4v) is 2.62. The maximum atomic E-state index is 5.93. The lowest BCUT2D eigenvalue weighted by atomic mass is 9.91. The van der Waals surface area contributed by atoms with Gasteiger partial charge in [-0.05, 0) is 31.4 Å². The Morgan fingerprint density at radius 1 is 1.41 bits per heavy atom. The molecule has 0 atom stereocenters. The van der Waals surface area contributed by atoms with E-state index >= 15 is 0 Å². The summed E-state index contributed by atoms with van der Waals surface area (Å²) in [5, 5.41) is 0. The molecule has 0 amide bonds. The molecule has 0 unspecified atom stereocenters. The monoisotopic (exact) mass is 249 g/mol. The quantitative estimate of drug-likeness (QED) is 0.777. The molecule has 1 saturated carbocycles. The third-order valence-electron chi connectivity index (χ3n) is 3.54. The van der Waals surface area contributed by atoms with E-state index in [0.717, 1.165) is 12.2 Å². The predicted molar refractivity (Wildman–Crippen MR) is 70.9 cm³/mol. The van der Waals surface area contributed by atoms with Gasteiger partial charge in [0.15, 0.2) is 0 Å². The molecule has 2 aromatic rings. The minimum atomic E-state index is 0.654. The lowest BCUT2D eigenvalue weighted by Crippen LogP contribution is -2.42. The van der Waals surface area contributed by atoms with Crippen LogP contribution in [-0.4, -0.2) is 27.9 Å². The number of nitrogens with zero attached hydrogens (tertiary/aromatic N) is 3. The van der Waals surface area contributed by atoms with Gasteiger partial charge in [0, 0.05) is 30.9 Å². The van der Waals surface area contributed by atoms with Crippen LogP contribution in [0.5, 0.6) is 0 Å². The summed E-state index contributed by atoms with van der Waals surface area (Å²) in [5.41, 5.74) is 1.00. The summed E-state index contributed by atoms with van der Waals surface area (Å²) in [6, 6.07) is 6.90. The van der Waals surface area contributed by atoms with Crippen LogP contribution in [0.1, 0.15) is 19.3 Å². The van der Waals surface area contributed by atoms with E-state index < -0.39 is 0 Å². The molecule has 3 nitrogen and oxygen atoms in total. The number of halogens is 1. The van der Waals surface area contributed by atoms with Gasteiger partial charge in [0.05, 0.1) is 0 Å². The largest absolute Gasteiger partial charge is 0.354 e. The fraction of sp³-hybridized carbons (Fsp3) is 0.462. The molecule has 0 bridgehead atoms. The van der Waals surface area contributed by atoms with E-state index in [2.05, 4.69) is 26.4 Å². The van der Waals surface area contributed by atoms with E-state index in [9.17, 15) is 0 Å². The van der Waals surface area contributed by atoms with Gasteiger partial charge in [0.25, 0.3) is 0 Å². The number of rotatable bonds is 4. The molecular formula is C13H16ClN3. The Hall–Kier alpha value is -1.22. The van der Waals surface area contributed by atoms with E-state index in [1.165, 1.54) is 25.1 Å². The Balaban J connectivity index is 2.01. The first-order chi connectivity index (χ1) is 8.40. The first-order valence-electron chi connectivity index (χ1n) is 6.15. The van der Waals surface area contributed by atoms with Crippen molar-refractivity contribution in [2.75, 3.05) is 17.3 Å². The number of pyridine rings is 1. The van der Waals surface area contributed by atoms with Gasteiger partial charge in [-0.2, -0.15) is 0 Å². The molecule has 1 fully saturated rings. The van der Waals surface area contributed by atoms with E-state index in [0.29, 0.717) is 11.9 Å². The van der Waals surface area contributed by atoms with Crippen molar-refractivity contribution in [3.63, 3.8) is 0 Å². The Morgan fingerprint density at radius 3 is 3.00 bits per heavy atom. The maximum Gasteiger partial charge on any atom is 0.138 e. The summed E-state index contributed by atoms with van der Waals surface area (Å²) in [6.07, 6.45) is 7.76. The van der Waals surface area contributed by atoms with Crippen molar-refractivity contribution in [3.8, 4) is 0 Å². The highest BCUT2D eigenvalue weighted by atomic mass is 35.5. The molecule has 90 valence electrons. The number of hydrogen-bond acceptors (Lipinski definition) is 2. The Labute approximate surface area is 106 Å². The lowest BCUT2D eigenvalue weighted by molar-refractivity contribution is 0.388. The summed E-state index contributed by atoms with van der Waals surface area (Å²) in [4.78, 5) is 6.75. The average Bonchev–Trinajstić information content (AvgIpc) is 2.73. The maximum absolute atomic E-state index is 5.93. The molecule has 1 aliphatic carbocycles. The van der Waals surface area contributed by atoms with Gasteiger partial charge in [0.2, 0.25) is 0 Å². The summed E-state index contributed by atoms with van der Waals surface area (Å²) in [5.74, 6) is 1.88. The van der Waals surface area contributed by atoms with E-state index in [-0.39, 0.29) is 0 Å². The third kappa shape index (κ3) is 1.89. The van der Waals surface area contributed by atoms with Gasteiger partial charge in [-0.25, -0.2) is 4.98 Å². The molecule has 2 heterocycles. The Bertz CT molecular complexity index is 504. The number of imidazole rings is 1. The number of alkyl halides is 1. The smallest absolute Gasteiger partial charge is 0.138 e. The molecular weight excluding hydrogens is 234 g/mol. The van der Waals surface area contributed by atoms with E-state index in [4.69, 9.17) is 11.6 Å². The number of anilines is 1. The lowest BCUT2D eigenvalue weighted by Gasteiger charge is -2.39. The van der Waals surface area contributed by atoms with Crippen LogP contribution in [0, 0.1) is 0 Å². The first kappa shape index (κ1) is 10.9. The second kappa shape index (κ2) is 4.57. The summed E-state index contributed by atoms with van der Waals surface area (Å²) < 4.78 is 2.14. The van der Waals surface area contributed by atoms with Crippen LogP contribution in [0.4, 0.5) is 5.82 Å². The SMILES string of the molecule is ClCCN(c1cccc2nccn12)C1CCC1. The molecule has 0 saturated heterocycles. The summed E-state index contributed by atoms with van der Waals surface area (Å²) in [7, 11) is 0. The zero-order valence-corrected chi connectivity index (χ0v) is 10.5. The Morgan fingerprint density at radius 2 is 2.29 bits per heavy atom. The van der Waals surface area contributed by atoms with Crippen molar-refractivity contribution in [3.05, 3.63) is 30.6 Å². The van der Waals surface area contributed by atoms with Gasteiger partial charge in [-0.3, -0.25) is 4.40 Å². The van der Waals surface area contributed by atoms with E-state index in [1.807, 2.05) is 18.5 Å². The number of hydrogen-bond donors (Lipinski definition) is 0. The second-order valence-corrected chi connectivity index (χ2v) is 4.88. The van der Waals surface area contributed by atoms with Crippen LogP contribution in [0.15, 0.2) is 30.6 Å². The van der Waals surface area contributed by atoms with Crippen molar-refractivity contribution in [1.82, 2.24) is 9.38 Å². The van der Waals surface area contributed by atoms with E-state index in [1.54, 1.807) is 0 Å². The van der Waals surface area contributed by atoms with Crippen LogP contribution in [0.3, 0.4) is 0 Å². The molecule has 0 radical (unpaired) electrons. The summed E-state index contributed by atoms with van der Waals surface area (Å²) >= 11 is 5.93. The summed E-state index contributed by atoms with van der Waals surface area (Å²) in [6.45, 7) is 0.906. The fourth-order valence-electron chi connectivity index (χ4n) is 2.44. The van der Waals surface area contributed by atoms with Crippen LogP contribution >= 0.6 is 11.6 Å². The van der Waals surface area contributed by atoms with Crippen LogP contribution in [0.25, 0.3) is 5.65 Å². The molecule has 0 spiro atoms. The molecule has 17 heavy (non-hydrogen) atoms. The van der Waals surface area contributed by atoms with Crippen molar-refractivity contribution in [1.29, 1.82) is 0 Å². The topological polar surface area (TPSA) is 20.5 Å².